The molecule has 0 aliphatic carbocycles. The lowest BCUT2D eigenvalue weighted by atomic mass is 10.2. The van der Waals surface area contributed by atoms with Crippen molar-refractivity contribution in [3.8, 4) is 0 Å². The van der Waals surface area contributed by atoms with Crippen LogP contribution in [0.2, 0.25) is 0 Å². The standard InChI is InChI=1S/C14H21N5.2ClH/c1-4-11-7-13(16-12-5-6-15-8-12)19-14(17-11)9(2)10(3)18-19;;/h7,12,15-16H,4-6,8H2,1-3H3;2*1H/t12-;;/m1../s1. The summed E-state index contributed by atoms with van der Waals surface area (Å²) in [6.07, 6.45) is 2.10. The monoisotopic (exact) mass is 331 g/mol. The minimum atomic E-state index is 0. The Bertz CT molecular complexity index is 605. The maximum atomic E-state index is 4.69. The molecule has 3 rings (SSSR count). The van der Waals surface area contributed by atoms with Gasteiger partial charge in [0.05, 0.1) is 5.69 Å². The zero-order valence-electron chi connectivity index (χ0n) is 12.6. The van der Waals surface area contributed by atoms with E-state index in [9.17, 15) is 0 Å². The van der Waals surface area contributed by atoms with Crippen molar-refractivity contribution in [2.45, 2.75) is 39.7 Å². The van der Waals surface area contributed by atoms with Crippen molar-refractivity contribution < 1.29 is 0 Å². The van der Waals surface area contributed by atoms with Gasteiger partial charge < -0.3 is 10.6 Å². The van der Waals surface area contributed by atoms with E-state index in [4.69, 9.17) is 4.98 Å². The maximum absolute atomic E-state index is 4.69. The van der Waals surface area contributed by atoms with Crippen molar-refractivity contribution in [1.82, 2.24) is 19.9 Å². The Hall–Kier alpha value is -1.04. The molecule has 1 atom stereocenters. The van der Waals surface area contributed by atoms with Crippen LogP contribution < -0.4 is 10.6 Å². The van der Waals surface area contributed by atoms with E-state index in [0.29, 0.717) is 6.04 Å². The fourth-order valence-corrected chi connectivity index (χ4v) is 2.55. The number of aromatic nitrogens is 3. The molecule has 118 valence electrons. The first kappa shape index (κ1) is 18.0. The summed E-state index contributed by atoms with van der Waals surface area (Å²) in [7, 11) is 0. The molecule has 1 saturated heterocycles. The maximum Gasteiger partial charge on any atom is 0.160 e. The number of nitrogens with zero attached hydrogens (tertiary/aromatic N) is 3. The molecule has 0 radical (unpaired) electrons. The first-order valence-corrected chi connectivity index (χ1v) is 7.02. The van der Waals surface area contributed by atoms with E-state index in [1.807, 2.05) is 11.4 Å². The second-order valence-corrected chi connectivity index (χ2v) is 5.27. The Balaban J connectivity index is 0.00000110. The van der Waals surface area contributed by atoms with E-state index < -0.39 is 0 Å². The van der Waals surface area contributed by atoms with Crippen molar-refractivity contribution in [3.05, 3.63) is 23.0 Å². The van der Waals surface area contributed by atoms with Crippen molar-refractivity contribution in [3.63, 3.8) is 0 Å². The number of nitrogens with one attached hydrogen (secondary N) is 2. The first-order valence-electron chi connectivity index (χ1n) is 7.02. The van der Waals surface area contributed by atoms with Gasteiger partial charge in [-0.3, -0.25) is 0 Å². The fourth-order valence-electron chi connectivity index (χ4n) is 2.55. The van der Waals surface area contributed by atoms with Gasteiger partial charge in [-0.05, 0) is 33.2 Å². The topological polar surface area (TPSA) is 54.2 Å². The SMILES string of the molecule is CCc1cc(N[C@@H]2CCNC2)n2nc(C)c(C)c2n1.Cl.Cl. The van der Waals surface area contributed by atoms with E-state index in [1.165, 1.54) is 5.56 Å². The molecular formula is C14H23Cl2N5. The molecule has 0 bridgehead atoms. The van der Waals surface area contributed by atoms with Crippen molar-refractivity contribution >= 4 is 36.3 Å². The Morgan fingerprint density at radius 3 is 2.76 bits per heavy atom. The Morgan fingerprint density at radius 1 is 1.38 bits per heavy atom. The third-order valence-corrected chi connectivity index (χ3v) is 3.88. The molecule has 1 aliphatic rings. The predicted octanol–water partition coefficient (Wildman–Crippen LogP) is 2.53. The Morgan fingerprint density at radius 2 is 2.14 bits per heavy atom. The average Bonchev–Trinajstić information content (AvgIpc) is 3.00. The molecule has 1 aliphatic heterocycles. The molecule has 0 saturated carbocycles. The first-order chi connectivity index (χ1) is 9.19. The molecule has 1 fully saturated rings. The number of hydrogen-bond donors (Lipinski definition) is 2. The highest BCUT2D eigenvalue weighted by atomic mass is 35.5. The molecular weight excluding hydrogens is 309 g/mol. The summed E-state index contributed by atoms with van der Waals surface area (Å²) in [6, 6.07) is 2.61. The molecule has 0 amide bonds. The van der Waals surface area contributed by atoms with E-state index >= 15 is 0 Å². The number of hydrogen-bond acceptors (Lipinski definition) is 4. The van der Waals surface area contributed by atoms with Crippen LogP contribution >= 0.6 is 24.8 Å². The summed E-state index contributed by atoms with van der Waals surface area (Å²) in [5.74, 6) is 1.06. The fraction of sp³-hybridized carbons (Fsp3) is 0.571. The van der Waals surface area contributed by atoms with Crippen LogP contribution in [0.4, 0.5) is 5.82 Å². The van der Waals surface area contributed by atoms with Crippen LogP contribution in [-0.4, -0.2) is 33.7 Å². The molecule has 7 heteroatoms. The third kappa shape index (κ3) is 3.42. The van der Waals surface area contributed by atoms with E-state index in [2.05, 4.69) is 35.6 Å². The van der Waals surface area contributed by atoms with Crippen molar-refractivity contribution in [2.24, 2.45) is 0 Å². The molecule has 2 aromatic rings. The number of anilines is 1. The molecule has 3 heterocycles. The van der Waals surface area contributed by atoms with Crippen LogP contribution in [0.25, 0.3) is 5.65 Å². The quantitative estimate of drug-likeness (QED) is 0.907. The van der Waals surface area contributed by atoms with E-state index in [1.54, 1.807) is 0 Å². The van der Waals surface area contributed by atoms with Crippen LogP contribution in [-0.2, 0) is 6.42 Å². The van der Waals surface area contributed by atoms with Crippen LogP contribution in [0.3, 0.4) is 0 Å². The number of rotatable bonds is 3. The largest absolute Gasteiger partial charge is 0.366 e. The molecule has 0 unspecified atom stereocenters. The van der Waals surface area contributed by atoms with E-state index in [0.717, 1.165) is 48.8 Å². The molecule has 0 spiro atoms. The summed E-state index contributed by atoms with van der Waals surface area (Å²) in [6.45, 7) is 8.37. The zero-order valence-corrected chi connectivity index (χ0v) is 14.3. The van der Waals surface area contributed by atoms with Crippen LogP contribution in [0.15, 0.2) is 6.07 Å². The van der Waals surface area contributed by atoms with Gasteiger partial charge in [0, 0.05) is 29.9 Å². The van der Waals surface area contributed by atoms with Gasteiger partial charge >= 0.3 is 0 Å². The normalized spacial score (nSPS) is 17.4. The molecule has 2 N–H and O–H groups in total. The van der Waals surface area contributed by atoms with Crippen molar-refractivity contribution in [2.75, 3.05) is 18.4 Å². The lowest BCUT2D eigenvalue weighted by molar-refractivity contribution is 0.771. The van der Waals surface area contributed by atoms with Gasteiger partial charge in [-0.1, -0.05) is 6.92 Å². The summed E-state index contributed by atoms with van der Waals surface area (Å²) in [5.41, 5.74) is 4.31. The second-order valence-electron chi connectivity index (χ2n) is 5.27. The summed E-state index contributed by atoms with van der Waals surface area (Å²) >= 11 is 0. The van der Waals surface area contributed by atoms with Crippen molar-refractivity contribution in [1.29, 1.82) is 0 Å². The van der Waals surface area contributed by atoms with E-state index in [-0.39, 0.29) is 24.8 Å². The van der Waals surface area contributed by atoms with Gasteiger partial charge in [0.2, 0.25) is 0 Å². The molecule has 0 aromatic carbocycles. The van der Waals surface area contributed by atoms with Gasteiger partial charge in [0.15, 0.2) is 5.65 Å². The minimum Gasteiger partial charge on any atom is -0.366 e. The highest BCUT2D eigenvalue weighted by Gasteiger charge is 2.17. The summed E-state index contributed by atoms with van der Waals surface area (Å²) in [5, 5.41) is 11.6. The summed E-state index contributed by atoms with van der Waals surface area (Å²) in [4.78, 5) is 4.69. The average molecular weight is 332 g/mol. The Labute approximate surface area is 137 Å². The lowest BCUT2D eigenvalue weighted by Crippen LogP contribution is -2.24. The molecule has 5 nitrogen and oxygen atoms in total. The Kier molecular flexibility index (Phi) is 6.25. The zero-order chi connectivity index (χ0) is 13.4. The van der Waals surface area contributed by atoms with Gasteiger partial charge in [-0.2, -0.15) is 9.61 Å². The highest BCUT2D eigenvalue weighted by Crippen LogP contribution is 2.20. The predicted molar refractivity (Wildman–Crippen MR) is 91.2 cm³/mol. The van der Waals surface area contributed by atoms with Crippen LogP contribution in [0.1, 0.15) is 30.3 Å². The summed E-state index contributed by atoms with van der Waals surface area (Å²) < 4.78 is 1.95. The second kappa shape index (κ2) is 7.29. The third-order valence-electron chi connectivity index (χ3n) is 3.88. The lowest BCUT2D eigenvalue weighted by Gasteiger charge is -2.14. The van der Waals surface area contributed by atoms with Crippen LogP contribution in [0.5, 0.6) is 0 Å². The molecule has 21 heavy (non-hydrogen) atoms. The van der Waals surface area contributed by atoms with Gasteiger partial charge in [-0.15, -0.1) is 24.8 Å². The number of fused-ring (bicyclic) bond motifs is 1. The number of halogens is 2. The smallest absolute Gasteiger partial charge is 0.160 e. The molecule has 2 aromatic heterocycles. The number of aryl methyl sites for hydroxylation is 3. The highest BCUT2D eigenvalue weighted by molar-refractivity contribution is 5.85. The minimum absolute atomic E-state index is 0. The van der Waals surface area contributed by atoms with Gasteiger partial charge in [0.25, 0.3) is 0 Å². The van der Waals surface area contributed by atoms with Gasteiger partial charge in [0.1, 0.15) is 5.82 Å². The van der Waals surface area contributed by atoms with Gasteiger partial charge in [-0.25, -0.2) is 4.98 Å². The van der Waals surface area contributed by atoms with Crippen LogP contribution in [0, 0.1) is 13.8 Å².